The molecule has 0 aliphatic carbocycles. The van der Waals surface area contributed by atoms with Gasteiger partial charge >= 0.3 is 0 Å². The molecule has 1 atom stereocenters. The number of aryl methyl sites for hydroxylation is 1. The van der Waals surface area contributed by atoms with Gasteiger partial charge in [0.1, 0.15) is 6.33 Å². The molecule has 0 spiro atoms. The quantitative estimate of drug-likeness (QED) is 0.401. The Hall–Kier alpha value is -0.900. The lowest BCUT2D eigenvalue weighted by Crippen LogP contribution is -2.45. The number of hydrogen-bond donors (Lipinski definition) is 2. The normalized spacial score (nSPS) is 19.3. The molecule has 1 fully saturated rings. The van der Waals surface area contributed by atoms with E-state index in [2.05, 4.69) is 37.6 Å². The van der Waals surface area contributed by atoms with Gasteiger partial charge in [0.05, 0.1) is 6.54 Å². The summed E-state index contributed by atoms with van der Waals surface area (Å²) < 4.78 is 1.90. The second kappa shape index (κ2) is 10.8. The van der Waals surface area contributed by atoms with Crippen LogP contribution in [0.25, 0.3) is 0 Å². The molecule has 1 aromatic rings. The Labute approximate surface area is 156 Å². The number of rotatable bonds is 6. The Bertz CT molecular complexity index is 474. The van der Waals surface area contributed by atoms with E-state index >= 15 is 0 Å². The fourth-order valence-electron chi connectivity index (χ4n) is 2.99. The van der Waals surface area contributed by atoms with Crippen molar-refractivity contribution in [2.75, 3.05) is 26.7 Å². The molecule has 0 saturated carbocycles. The van der Waals surface area contributed by atoms with Crippen LogP contribution in [0.1, 0.15) is 38.4 Å². The van der Waals surface area contributed by atoms with E-state index in [1.54, 1.807) is 13.4 Å². The van der Waals surface area contributed by atoms with Gasteiger partial charge in [0.2, 0.25) is 0 Å². The summed E-state index contributed by atoms with van der Waals surface area (Å²) in [5.74, 6) is 1.71. The van der Waals surface area contributed by atoms with Gasteiger partial charge in [-0.1, -0.05) is 13.3 Å². The van der Waals surface area contributed by atoms with E-state index in [1.165, 1.54) is 32.2 Å². The van der Waals surface area contributed by atoms with Crippen molar-refractivity contribution in [3.05, 3.63) is 12.2 Å². The summed E-state index contributed by atoms with van der Waals surface area (Å²) >= 11 is 0. The van der Waals surface area contributed by atoms with Crippen molar-refractivity contribution >= 4 is 29.9 Å². The van der Waals surface area contributed by atoms with Crippen LogP contribution in [-0.2, 0) is 13.6 Å². The van der Waals surface area contributed by atoms with Gasteiger partial charge in [0.25, 0.3) is 0 Å². The monoisotopic (exact) mass is 435 g/mol. The maximum Gasteiger partial charge on any atom is 0.191 e. The predicted octanol–water partition coefficient (Wildman–Crippen LogP) is 1.36. The maximum atomic E-state index is 4.26. The fourth-order valence-corrected chi connectivity index (χ4v) is 2.99. The molecular weight excluding hydrogens is 405 g/mol. The zero-order valence-electron chi connectivity index (χ0n) is 14.5. The van der Waals surface area contributed by atoms with Crippen LogP contribution in [0.3, 0.4) is 0 Å². The van der Waals surface area contributed by atoms with E-state index in [9.17, 15) is 0 Å². The summed E-state index contributed by atoms with van der Waals surface area (Å²) in [6.07, 6.45) is 7.00. The molecule has 8 heteroatoms. The second-order valence-corrected chi connectivity index (χ2v) is 5.80. The zero-order chi connectivity index (χ0) is 15.8. The standard InChI is InChI=1S/C15H29N7.HI/c1-4-13-7-5-6-9-22(13)10-8-17-15(16-2)18-11-14-20-19-12-21(14)3;/h12-13H,4-11H2,1-3H3,(H2,16,17,18);1H. The van der Waals surface area contributed by atoms with Gasteiger partial charge in [0.15, 0.2) is 11.8 Å². The van der Waals surface area contributed by atoms with Gasteiger partial charge in [-0.2, -0.15) is 0 Å². The number of likely N-dealkylation sites (tertiary alicyclic amines) is 1. The first kappa shape index (κ1) is 20.1. The first-order valence-corrected chi connectivity index (χ1v) is 8.26. The van der Waals surface area contributed by atoms with Crippen LogP contribution >= 0.6 is 24.0 Å². The van der Waals surface area contributed by atoms with Gasteiger partial charge in [0, 0.05) is 33.2 Å². The molecule has 0 radical (unpaired) electrons. The average Bonchev–Trinajstić information content (AvgIpc) is 2.96. The van der Waals surface area contributed by atoms with Crippen molar-refractivity contribution in [3.8, 4) is 0 Å². The molecule has 2 N–H and O–H groups in total. The minimum atomic E-state index is 0. The third-order valence-corrected chi connectivity index (χ3v) is 4.35. The number of hydrogen-bond acceptors (Lipinski definition) is 4. The van der Waals surface area contributed by atoms with Crippen LogP contribution in [0.15, 0.2) is 11.3 Å². The number of nitrogens with one attached hydrogen (secondary N) is 2. The Morgan fingerprint density at radius 2 is 2.22 bits per heavy atom. The summed E-state index contributed by atoms with van der Waals surface area (Å²) in [6.45, 7) is 6.12. The molecule has 2 heterocycles. The molecular formula is C15H30IN7. The van der Waals surface area contributed by atoms with E-state index in [0.717, 1.165) is 30.9 Å². The van der Waals surface area contributed by atoms with E-state index in [-0.39, 0.29) is 24.0 Å². The van der Waals surface area contributed by atoms with Gasteiger partial charge in [-0.3, -0.25) is 9.89 Å². The third kappa shape index (κ3) is 6.25. The highest BCUT2D eigenvalue weighted by molar-refractivity contribution is 14.0. The molecule has 1 aliphatic rings. The SMILES string of the molecule is CCC1CCCCN1CCNC(=NC)NCc1nncn1C.I. The second-order valence-electron chi connectivity index (χ2n) is 5.80. The van der Waals surface area contributed by atoms with Crippen LogP contribution in [0, 0.1) is 0 Å². The Morgan fingerprint density at radius 1 is 1.39 bits per heavy atom. The lowest BCUT2D eigenvalue weighted by atomic mass is 10.0. The van der Waals surface area contributed by atoms with Crippen molar-refractivity contribution in [1.29, 1.82) is 0 Å². The number of guanidine groups is 1. The van der Waals surface area contributed by atoms with Crippen LogP contribution in [0.2, 0.25) is 0 Å². The minimum absolute atomic E-state index is 0. The number of aromatic nitrogens is 3. The van der Waals surface area contributed by atoms with Crippen molar-refractivity contribution in [2.45, 2.75) is 45.2 Å². The van der Waals surface area contributed by atoms with Gasteiger partial charge in [-0.25, -0.2) is 0 Å². The van der Waals surface area contributed by atoms with Crippen LogP contribution in [0.5, 0.6) is 0 Å². The van der Waals surface area contributed by atoms with E-state index in [0.29, 0.717) is 6.54 Å². The first-order chi connectivity index (χ1) is 10.7. The molecule has 132 valence electrons. The molecule has 7 nitrogen and oxygen atoms in total. The number of nitrogens with zero attached hydrogens (tertiary/aromatic N) is 5. The van der Waals surface area contributed by atoms with Crippen LogP contribution < -0.4 is 10.6 Å². The number of piperidine rings is 1. The molecule has 2 rings (SSSR count). The minimum Gasteiger partial charge on any atom is -0.355 e. The van der Waals surface area contributed by atoms with Crippen molar-refractivity contribution in [3.63, 3.8) is 0 Å². The van der Waals surface area contributed by atoms with Gasteiger partial charge < -0.3 is 15.2 Å². The molecule has 1 saturated heterocycles. The number of aliphatic imine (C=N–C) groups is 1. The van der Waals surface area contributed by atoms with E-state index in [1.807, 2.05) is 11.6 Å². The van der Waals surface area contributed by atoms with Crippen LogP contribution in [-0.4, -0.2) is 58.3 Å². The maximum absolute atomic E-state index is 4.26. The van der Waals surface area contributed by atoms with E-state index < -0.39 is 0 Å². The van der Waals surface area contributed by atoms with E-state index in [4.69, 9.17) is 0 Å². The predicted molar refractivity (Wildman–Crippen MR) is 104 cm³/mol. The Morgan fingerprint density at radius 3 is 2.87 bits per heavy atom. The highest BCUT2D eigenvalue weighted by Crippen LogP contribution is 2.18. The molecule has 23 heavy (non-hydrogen) atoms. The summed E-state index contributed by atoms with van der Waals surface area (Å²) in [5.41, 5.74) is 0. The molecule has 0 aromatic carbocycles. The first-order valence-electron chi connectivity index (χ1n) is 8.26. The van der Waals surface area contributed by atoms with Gasteiger partial charge in [-0.05, 0) is 25.8 Å². The van der Waals surface area contributed by atoms with Crippen LogP contribution in [0.4, 0.5) is 0 Å². The number of halogens is 1. The van der Waals surface area contributed by atoms with Crippen molar-refractivity contribution < 1.29 is 0 Å². The molecule has 1 aliphatic heterocycles. The zero-order valence-corrected chi connectivity index (χ0v) is 16.8. The summed E-state index contributed by atoms with van der Waals surface area (Å²) in [5, 5.41) is 14.6. The topological polar surface area (TPSA) is 70.4 Å². The fraction of sp³-hybridized carbons (Fsp3) is 0.800. The smallest absolute Gasteiger partial charge is 0.191 e. The largest absolute Gasteiger partial charge is 0.355 e. The van der Waals surface area contributed by atoms with Crippen molar-refractivity contribution in [2.24, 2.45) is 12.0 Å². The highest BCUT2D eigenvalue weighted by atomic mass is 127. The lowest BCUT2D eigenvalue weighted by Gasteiger charge is -2.35. The average molecular weight is 435 g/mol. The molecule has 1 aromatic heterocycles. The summed E-state index contributed by atoms with van der Waals surface area (Å²) in [4.78, 5) is 6.86. The lowest BCUT2D eigenvalue weighted by molar-refractivity contribution is 0.147. The molecule has 0 amide bonds. The Kier molecular flexibility index (Phi) is 9.46. The van der Waals surface area contributed by atoms with Gasteiger partial charge in [-0.15, -0.1) is 34.2 Å². The molecule has 0 bridgehead atoms. The summed E-state index contributed by atoms with van der Waals surface area (Å²) in [7, 11) is 3.73. The molecule has 1 unspecified atom stereocenters. The Balaban J connectivity index is 0.00000264. The summed E-state index contributed by atoms with van der Waals surface area (Å²) in [6, 6.07) is 0.754. The highest BCUT2D eigenvalue weighted by Gasteiger charge is 2.19. The third-order valence-electron chi connectivity index (χ3n) is 4.35. The van der Waals surface area contributed by atoms with Crippen molar-refractivity contribution in [1.82, 2.24) is 30.3 Å².